The molecular formula is C23H13ClN2O9. The molecule has 0 unspecified atom stereocenters. The second kappa shape index (κ2) is 8.22. The summed E-state index contributed by atoms with van der Waals surface area (Å²) in [6, 6.07) is 10.7. The van der Waals surface area contributed by atoms with Crippen molar-refractivity contribution in [2.45, 2.75) is 6.92 Å². The number of halogens is 1. The van der Waals surface area contributed by atoms with Gasteiger partial charge in [0.05, 0.1) is 10.6 Å². The van der Waals surface area contributed by atoms with E-state index < -0.39 is 29.3 Å². The van der Waals surface area contributed by atoms with E-state index in [9.17, 15) is 24.6 Å². The molecule has 0 aliphatic carbocycles. The number of ether oxygens (including phenoxy) is 1. The fraction of sp³-hybridized carbons (Fsp3) is 0.0435. The van der Waals surface area contributed by atoms with Gasteiger partial charge in [0.25, 0.3) is 0 Å². The number of carbonyl (C=O) groups is 2. The van der Waals surface area contributed by atoms with Crippen molar-refractivity contribution in [2.24, 2.45) is 0 Å². The minimum atomic E-state index is -0.893. The number of hydrogen-bond donors (Lipinski definition) is 2. The number of esters is 1. The van der Waals surface area contributed by atoms with Crippen LogP contribution in [0.1, 0.15) is 17.3 Å². The molecule has 0 fully saturated rings. The summed E-state index contributed by atoms with van der Waals surface area (Å²) in [7, 11) is 0. The summed E-state index contributed by atoms with van der Waals surface area (Å²) in [4.78, 5) is 45.5. The zero-order chi connectivity index (χ0) is 24.9. The lowest BCUT2D eigenvalue weighted by atomic mass is 10.2. The van der Waals surface area contributed by atoms with Crippen molar-refractivity contribution in [2.75, 3.05) is 0 Å². The van der Waals surface area contributed by atoms with Gasteiger partial charge in [-0.25, -0.2) is 14.6 Å². The first-order chi connectivity index (χ1) is 16.7. The first-order valence-electron chi connectivity index (χ1n) is 9.89. The molecule has 5 aromatic rings. The van der Waals surface area contributed by atoms with Crippen molar-refractivity contribution < 1.29 is 38.2 Å². The Morgan fingerprint density at radius 2 is 1.74 bits per heavy atom. The molecule has 0 amide bonds. The molecule has 5 rings (SSSR count). The van der Waals surface area contributed by atoms with E-state index in [0.29, 0.717) is 15.6 Å². The Hall–Kier alpha value is -4.77. The minimum absolute atomic E-state index is 0.00341. The number of oxazole rings is 1. The van der Waals surface area contributed by atoms with Crippen LogP contribution >= 0.6 is 11.6 Å². The third-order valence-electron chi connectivity index (χ3n) is 4.87. The minimum Gasteiger partial charge on any atom is -0.492 e. The molecule has 0 saturated heterocycles. The Balaban J connectivity index is 1.50. The SMILES string of the molecule is CC(=O)Oc1cc2oc(=O)c(-c3nc4ccc(C(=O)On5c(O)ccc5O)cc4o3)cc2cc1Cl. The van der Waals surface area contributed by atoms with E-state index in [-0.39, 0.29) is 39.0 Å². The number of carbonyl (C=O) groups excluding carboxylic acids is 2. The van der Waals surface area contributed by atoms with E-state index in [1.165, 1.54) is 43.3 Å². The second-order valence-electron chi connectivity index (χ2n) is 7.29. The molecule has 0 aliphatic heterocycles. The van der Waals surface area contributed by atoms with Gasteiger partial charge >= 0.3 is 17.6 Å². The first kappa shape index (κ1) is 22.0. The van der Waals surface area contributed by atoms with Gasteiger partial charge in [0.2, 0.25) is 17.7 Å². The van der Waals surface area contributed by atoms with Crippen LogP contribution in [-0.4, -0.2) is 31.9 Å². The number of benzene rings is 2. The van der Waals surface area contributed by atoms with Gasteiger partial charge in [0.15, 0.2) is 11.3 Å². The van der Waals surface area contributed by atoms with E-state index in [1.807, 2.05) is 0 Å². The lowest BCUT2D eigenvalue weighted by Crippen LogP contribution is -2.18. The Morgan fingerprint density at radius 3 is 2.46 bits per heavy atom. The summed E-state index contributed by atoms with van der Waals surface area (Å²) >= 11 is 6.15. The summed E-state index contributed by atoms with van der Waals surface area (Å²) in [5.74, 6) is -2.44. The predicted octanol–water partition coefficient (Wildman–Crippen LogP) is 3.66. The summed E-state index contributed by atoms with van der Waals surface area (Å²) in [6.45, 7) is 1.21. The monoisotopic (exact) mass is 496 g/mol. The molecule has 2 N–H and O–H groups in total. The number of hydrogen-bond acceptors (Lipinski definition) is 10. The molecule has 0 radical (unpaired) electrons. The summed E-state index contributed by atoms with van der Waals surface area (Å²) < 4.78 is 16.6. The van der Waals surface area contributed by atoms with Crippen LogP contribution in [0, 0.1) is 0 Å². The van der Waals surface area contributed by atoms with E-state index in [4.69, 9.17) is 30.0 Å². The molecule has 2 aromatic carbocycles. The van der Waals surface area contributed by atoms with Crippen molar-refractivity contribution in [1.29, 1.82) is 0 Å². The van der Waals surface area contributed by atoms with Gasteiger partial charge < -0.3 is 28.6 Å². The normalized spacial score (nSPS) is 11.1. The van der Waals surface area contributed by atoms with Gasteiger partial charge in [-0.05, 0) is 30.3 Å². The van der Waals surface area contributed by atoms with Crippen LogP contribution in [0.3, 0.4) is 0 Å². The molecule has 176 valence electrons. The maximum absolute atomic E-state index is 12.6. The van der Waals surface area contributed by atoms with Crippen LogP contribution in [0.25, 0.3) is 33.5 Å². The van der Waals surface area contributed by atoms with Crippen molar-refractivity contribution in [3.05, 3.63) is 69.5 Å². The topological polar surface area (TPSA) is 154 Å². The fourth-order valence-corrected chi connectivity index (χ4v) is 3.51. The highest BCUT2D eigenvalue weighted by Gasteiger charge is 2.19. The molecule has 0 aliphatic rings. The van der Waals surface area contributed by atoms with Gasteiger partial charge in [0, 0.05) is 30.5 Å². The van der Waals surface area contributed by atoms with Gasteiger partial charge in [-0.3, -0.25) is 4.79 Å². The van der Waals surface area contributed by atoms with E-state index in [0.717, 1.165) is 12.1 Å². The zero-order valence-corrected chi connectivity index (χ0v) is 18.4. The quantitative estimate of drug-likeness (QED) is 0.214. The van der Waals surface area contributed by atoms with Crippen molar-refractivity contribution in [3.8, 4) is 29.0 Å². The highest BCUT2D eigenvalue weighted by Crippen LogP contribution is 2.32. The maximum Gasteiger partial charge on any atom is 0.364 e. The third-order valence-corrected chi connectivity index (χ3v) is 5.16. The van der Waals surface area contributed by atoms with E-state index >= 15 is 0 Å². The molecule has 11 nitrogen and oxygen atoms in total. The number of aromatic nitrogens is 2. The standard InChI is InChI=1S/C23H13ClN2O9/c1-10(27)32-17-9-16-12(7-14(17)24)6-13(23(31)34-16)21-25-15-3-2-11(8-18(15)33-21)22(30)35-26-19(28)4-5-20(26)29/h2-9,28-29H,1H3. The van der Waals surface area contributed by atoms with Gasteiger partial charge in [-0.15, -0.1) is 4.73 Å². The summed E-state index contributed by atoms with van der Waals surface area (Å²) in [5.41, 5.74) is -0.0983. The number of fused-ring (bicyclic) bond motifs is 2. The zero-order valence-electron chi connectivity index (χ0n) is 17.6. The van der Waals surface area contributed by atoms with Crippen LogP contribution < -0.4 is 15.2 Å². The Labute approximate surface area is 199 Å². The van der Waals surface area contributed by atoms with Crippen LogP contribution in [-0.2, 0) is 4.79 Å². The average Bonchev–Trinajstić information content (AvgIpc) is 3.37. The van der Waals surface area contributed by atoms with Crippen molar-refractivity contribution >= 4 is 45.6 Å². The van der Waals surface area contributed by atoms with E-state index in [2.05, 4.69) is 4.98 Å². The maximum atomic E-state index is 12.6. The average molecular weight is 497 g/mol. The number of rotatable bonds is 4. The smallest absolute Gasteiger partial charge is 0.364 e. The van der Waals surface area contributed by atoms with Gasteiger partial charge in [-0.2, -0.15) is 0 Å². The number of aromatic hydroxyl groups is 2. The first-order valence-corrected chi connectivity index (χ1v) is 10.3. The van der Waals surface area contributed by atoms with Crippen LogP contribution in [0.4, 0.5) is 0 Å². The summed E-state index contributed by atoms with van der Waals surface area (Å²) in [6.07, 6.45) is 0. The van der Waals surface area contributed by atoms with Crippen molar-refractivity contribution in [3.63, 3.8) is 0 Å². The summed E-state index contributed by atoms with van der Waals surface area (Å²) in [5, 5.41) is 19.8. The van der Waals surface area contributed by atoms with Crippen LogP contribution in [0.15, 0.2) is 62.2 Å². The Bertz CT molecular complexity index is 1690. The molecule has 0 bridgehead atoms. The van der Waals surface area contributed by atoms with Gasteiger partial charge in [0.1, 0.15) is 16.7 Å². The predicted molar refractivity (Wildman–Crippen MR) is 120 cm³/mol. The Morgan fingerprint density at radius 1 is 1.00 bits per heavy atom. The highest BCUT2D eigenvalue weighted by molar-refractivity contribution is 6.33. The van der Waals surface area contributed by atoms with Crippen LogP contribution in [0.2, 0.25) is 5.02 Å². The van der Waals surface area contributed by atoms with Crippen LogP contribution in [0.5, 0.6) is 17.5 Å². The highest BCUT2D eigenvalue weighted by atomic mass is 35.5. The Kier molecular flexibility index (Phi) is 5.18. The third kappa shape index (κ3) is 4.04. The second-order valence-corrected chi connectivity index (χ2v) is 7.69. The molecule has 3 aromatic heterocycles. The number of nitrogens with zero attached hydrogens (tertiary/aromatic N) is 2. The molecule has 3 heterocycles. The molecule has 35 heavy (non-hydrogen) atoms. The van der Waals surface area contributed by atoms with Gasteiger partial charge in [-0.1, -0.05) is 11.6 Å². The van der Waals surface area contributed by atoms with Crippen molar-refractivity contribution in [1.82, 2.24) is 9.71 Å². The molecule has 12 heteroatoms. The molecule has 0 saturated carbocycles. The molecular weight excluding hydrogens is 484 g/mol. The molecule has 0 spiro atoms. The lowest BCUT2D eigenvalue weighted by molar-refractivity contribution is -0.131. The fourth-order valence-electron chi connectivity index (χ4n) is 3.30. The molecule has 0 atom stereocenters. The van der Waals surface area contributed by atoms with E-state index in [1.54, 1.807) is 0 Å². The lowest BCUT2D eigenvalue weighted by Gasteiger charge is -2.06. The largest absolute Gasteiger partial charge is 0.492 e.